The fourth-order valence-electron chi connectivity index (χ4n) is 3.17. The lowest BCUT2D eigenvalue weighted by molar-refractivity contribution is 0.334. The van der Waals surface area contributed by atoms with Crippen molar-refractivity contribution in [3.63, 3.8) is 0 Å². The minimum atomic E-state index is 0.656. The summed E-state index contributed by atoms with van der Waals surface area (Å²) >= 11 is 0. The third-order valence-electron chi connectivity index (χ3n) is 4.48. The monoisotopic (exact) mass is 179 g/mol. The maximum Gasteiger partial charge on any atom is 0.0213 e. The molecule has 0 amide bonds. The molecule has 0 saturated heterocycles. The van der Waals surface area contributed by atoms with E-state index >= 15 is 0 Å². The highest BCUT2D eigenvalue weighted by atomic mass is 15.1. The van der Waals surface area contributed by atoms with Crippen LogP contribution in [0, 0.1) is 11.8 Å². The second kappa shape index (κ2) is 2.73. The standard InChI is InChI=1S/C12H21N/c1-9-3-2-4-11(9)13-12(7-8-12)10-5-6-10/h9-11,13H,2-8H2,1H3. The van der Waals surface area contributed by atoms with Crippen LogP contribution in [0.3, 0.4) is 0 Å². The van der Waals surface area contributed by atoms with Gasteiger partial charge in [-0.1, -0.05) is 13.3 Å². The van der Waals surface area contributed by atoms with E-state index in [1.807, 2.05) is 0 Å². The lowest BCUT2D eigenvalue weighted by atomic mass is 10.0. The van der Waals surface area contributed by atoms with Crippen LogP contribution in [0.4, 0.5) is 0 Å². The first-order valence-electron chi connectivity index (χ1n) is 6.08. The van der Waals surface area contributed by atoms with Crippen molar-refractivity contribution in [1.82, 2.24) is 5.32 Å². The molecule has 1 heteroatoms. The Morgan fingerprint density at radius 2 is 1.85 bits per heavy atom. The molecule has 74 valence electrons. The summed E-state index contributed by atoms with van der Waals surface area (Å²) in [5, 5.41) is 3.98. The number of rotatable bonds is 3. The highest BCUT2D eigenvalue weighted by Gasteiger charge is 2.54. The first kappa shape index (κ1) is 8.28. The predicted molar refractivity (Wildman–Crippen MR) is 54.6 cm³/mol. The van der Waals surface area contributed by atoms with Crippen LogP contribution in [0.25, 0.3) is 0 Å². The zero-order valence-corrected chi connectivity index (χ0v) is 8.68. The zero-order chi connectivity index (χ0) is 8.89. The lowest BCUT2D eigenvalue weighted by Gasteiger charge is -2.25. The molecule has 3 aliphatic rings. The van der Waals surface area contributed by atoms with Crippen molar-refractivity contribution in [2.75, 3.05) is 0 Å². The average Bonchev–Trinajstić information content (AvgIpc) is 2.97. The van der Waals surface area contributed by atoms with Gasteiger partial charge >= 0.3 is 0 Å². The van der Waals surface area contributed by atoms with Crippen LogP contribution in [0.5, 0.6) is 0 Å². The molecule has 0 aliphatic heterocycles. The molecule has 2 atom stereocenters. The number of nitrogens with one attached hydrogen (secondary N) is 1. The summed E-state index contributed by atoms with van der Waals surface area (Å²) in [4.78, 5) is 0. The second-order valence-electron chi connectivity index (χ2n) is 5.59. The fraction of sp³-hybridized carbons (Fsp3) is 1.00. The third-order valence-corrected chi connectivity index (χ3v) is 4.48. The van der Waals surface area contributed by atoms with Gasteiger partial charge in [-0.3, -0.25) is 0 Å². The van der Waals surface area contributed by atoms with E-state index in [0.29, 0.717) is 5.54 Å². The van der Waals surface area contributed by atoms with E-state index < -0.39 is 0 Å². The van der Waals surface area contributed by atoms with Crippen molar-refractivity contribution in [2.24, 2.45) is 11.8 Å². The quantitative estimate of drug-likeness (QED) is 0.702. The largest absolute Gasteiger partial charge is 0.308 e. The predicted octanol–water partition coefficient (Wildman–Crippen LogP) is 2.71. The summed E-state index contributed by atoms with van der Waals surface area (Å²) in [6, 6.07) is 0.864. The van der Waals surface area contributed by atoms with Gasteiger partial charge < -0.3 is 5.32 Å². The molecule has 3 saturated carbocycles. The van der Waals surface area contributed by atoms with E-state index in [0.717, 1.165) is 17.9 Å². The van der Waals surface area contributed by atoms with Crippen molar-refractivity contribution in [2.45, 2.75) is 63.5 Å². The van der Waals surface area contributed by atoms with Crippen molar-refractivity contribution < 1.29 is 0 Å². The summed E-state index contributed by atoms with van der Waals surface area (Å²) in [7, 11) is 0. The SMILES string of the molecule is CC1CCCC1NC1(C2CC2)CC1. The first-order chi connectivity index (χ1) is 6.30. The molecule has 2 unspecified atom stereocenters. The van der Waals surface area contributed by atoms with E-state index in [1.165, 1.54) is 44.9 Å². The lowest BCUT2D eigenvalue weighted by Crippen LogP contribution is -2.42. The topological polar surface area (TPSA) is 12.0 Å². The molecule has 0 spiro atoms. The van der Waals surface area contributed by atoms with E-state index in [1.54, 1.807) is 0 Å². The van der Waals surface area contributed by atoms with Crippen molar-refractivity contribution >= 4 is 0 Å². The Morgan fingerprint density at radius 1 is 1.08 bits per heavy atom. The maximum absolute atomic E-state index is 3.98. The first-order valence-corrected chi connectivity index (χ1v) is 6.08. The van der Waals surface area contributed by atoms with Gasteiger partial charge in [0.15, 0.2) is 0 Å². The van der Waals surface area contributed by atoms with Crippen molar-refractivity contribution in [1.29, 1.82) is 0 Å². The Labute approximate surface area is 81.3 Å². The van der Waals surface area contributed by atoms with E-state index in [2.05, 4.69) is 12.2 Å². The van der Waals surface area contributed by atoms with Gasteiger partial charge in [0, 0.05) is 11.6 Å². The van der Waals surface area contributed by atoms with Gasteiger partial charge in [-0.15, -0.1) is 0 Å². The van der Waals surface area contributed by atoms with Crippen LogP contribution in [-0.4, -0.2) is 11.6 Å². The zero-order valence-electron chi connectivity index (χ0n) is 8.68. The van der Waals surface area contributed by atoms with Gasteiger partial charge in [-0.25, -0.2) is 0 Å². The molecule has 3 fully saturated rings. The van der Waals surface area contributed by atoms with Crippen LogP contribution in [0.1, 0.15) is 51.9 Å². The average molecular weight is 179 g/mol. The molecule has 0 heterocycles. The Bertz CT molecular complexity index is 203. The Hall–Kier alpha value is -0.0400. The molecule has 0 aromatic rings. The number of hydrogen-bond donors (Lipinski definition) is 1. The molecular formula is C12H21N. The normalized spacial score (nSPS) is 42.2. The molecule has 0 radical (unpaired) electrons. The maximum atomic E-state index is 3.98. The highest BCUT2D eigenvalue weighted by Crippen LogP contribution is 2.54. The van der Waals surface area contributed by atoms with Gasteiger partial charge in [0.25, 0.3) is 0 Å². The molecule has 3 rings (SSSR count). The molecule has 0 bridgehead atoms. The summed E-state index contributed by atoms with van der Waals surface area (Å²) in [6.07, 6.45) is 10.3. The van der Waals surface area contributed by atoms with Gasteiger partial charge in [-0.2, -0.15) is 0 Å². The molecule has 13 heavy (non-hydrogen) atoms. The second-order valence-corrected chi connectivity index (χ2v) is 5.59. The van der Waals surface area contributed by atoms with Gasteiger partial charge in [-0.05, 0) is 50.4 Å². The van der Waals surface area contributed by atoms with Crippen LogP contribution in [0.15, 0.2) is 0 Å². The van der Waals surface area contributed by atoms with E-state index in [9.17, 15) is 0 Å². The van der Waals surface area contributed by atoms with Crippen LogP contribution >= 0.6 is 0 Å². The Kier molecular flexibility index (Phi) is 1.74. The summed E-state index contributed by atoms with van der Waals surface area (Å²) in [5.74, 6) is 2.01. The van der Waals surface area contributed by atoms with Gasteiger partial charge in [0.05, 0.1) is 0 Å². The summed E-state index contributed by atoms with van der Waals surface area (Å²) in [6.45, 7) is 2.42. The Balaban J connectivity index is 1.61. The smallest absolute Gasteiger partial charge is 0.0213 e. The minimum absolute atomic E-state index is 0.656. The minimum Gasteiger partial charge on any atom is -0.308 e. The van der Waals surface area contributed by atoms with Crippen molar-refractivity contribution in [3.8, 4) is 0 Å². The fourth-order valence-corrected chi connectivity index (χ4v) is 3.17. The summed E-state index contributed by atoms with van der Waals surface area (Å²) in [5.41, 5.74) is 0.656. The van der Waals surface area contributed by atoms with Crippen LogP contribution < -0.4 is 5.32 Å². The third kappa shape index (κ3) is 1.41. The van der Waals surface area contributed by atoms with Gasteiger partial charge in [0.2, 0.25) is 0 Å². The Morgan fingerprint density at radius 3 is 2.31 bits per heavy atom. The molecule has 0 aromatic carbocycles. The molecular weight excluding hydrogens is 158 g/mol. The molecule has 1 nitrogen and oxygen atoms in total. The summed E-state index contributed by atoms with van der Waals surface area (Å²) < 4.78 is 0. The molecule has 0 aromatic heterocycles. The van der Waals surface area contributed by atoms with Gasteiger partial charge in [0.1, 0.15) is 0 Å². The molecule has 3 aliphatic carbocycles. The molecule has 1 N–H and O–H groups in total. The van der Waals surface area contributed by atoms with Crippen LogP contribution in [-0.2, 0) is 0 Å². The van der Waals surface area contributed by atoms with Crippen LogP contribution in [0.2, 0.25) is 0 Å². The van der Waals surface area contributed by atoms with E-state index in [4.69, 9.17) is 0 Å². The van der Waals surface area contributed by atoms with Crippen molar-refractivity contribution in [3.05, 3.63) is 0 Å². The number of hydrogen-bond acceptors (Lipinski definition) is 1. The van der Waals surface area contributed by atoms with E-state index in [-0.39, 0.29) is 0 Å². The highest BCUT2D eigenvalue weighted by molar-refractivity contribution is 5.12.